The molecule has 0 bridgehead atoms. The summed E-state index contributed by atoms with van der Waals surface area (Å²) in [7, 11) is 0. The van der Waals surface area contributed by atoms with Gasteiger partial charge in [-0.3, -0.25) is 0 Å². The van der Waals surface area contributed by atoms with Crippen molar-refractivity contribution < 1.29 is 0 Å². The van der Waals surface area contributed by atoms with Gasteiger partial charge in [-0.2, -0.15) is 0 Å². The first-order valence-electron chi connectivity index (χ1n) is 7.97. The van der Waals surface area contributed by atoms with E-state index in [1.54, 1.807) is 0 Å². The van der Waals surface area contributed by atoms with Gasteiger partial charge in [0.05, 0.1) is 0 Å². The molecule has 0 heterocycles. The molecule has 19 heavy (non-hydrogen) atoms. The highest BCUT2D eigenvalue weighted by Gasteiger charge is 2.08. The van der Waals surface area contributed by atoms with Crippen LogP contribution in [-0.2, 0) is 0 Å². The van der Waals surface area contributed by atoms with Crippen molar-refractivity contribution in [3.63, 3.8) is 0 Å². The third-order valence-electron chi connectivity index (χ3n) is 3.21. The highest BCUT2D eigenvalue weighted by atomic mass is 14.1. The topological polar surface area (TPSA) is 0 Å². The normalized spacial score (nSPS) is 12.6. The molecule has 0 atom stereocenters. The summed E-state index contributed by atoms with van der Waals surface area (Å²) < 4.78 is 0. The fourth-order valence-electron chi connectivity index (χ4n) is 2.03. The quantitative estimate of drug-likeness (QED) is 0.282. The van der Waals surface area contributed by atoms with Crippen LogP contribution < -0.4 is 0 Å². The Hall–Kier alpha value is -0.780. The van der Waals surface area contributed by atoms with Crippen LogP contribution in [0.4, 0.5) is 0 Å². The van der Waals surface area contributed by atoms with E-state index in [9.17, 15) is 0 Å². The van der Waals surface area contributed by atoms with Gasteiger partial charge in [-0.25, -0.2) is 0 Å². The van der Waals surface area contributed by atoms with Crippen LogP contribution in [-0.4, -0.2) is 0 Å². The minimum atomic E-state index is 0.516. The molecule has 0 radical (unpaired) electrons. The van der Waals surface area contributed by atoms with Crippen molar-refractivity contribution in [2.45, 2.75) is 78.6 Å². The monoisotopic (exact) mass is 262 g/mol. The van der Waals surface area contributed by atoms with Crippen LogP contribution in [0.2, 0.25) is 0 Å². The Kier molecular flexibility index (Phi) is 11.8. The lowest BCUT2D eigenvalue weighted by molar-refractivity contribution is 0.356. The molecular weight excluding hydrogens is 228 g/mol. The van der Waals surface area contributed by atoms with E-state index in [4.69, 9.17) is 0 Å². The Bertz CT molecular complexity index is 250. The number of allylic oxidation sites excluding steroid dienone is 5. The molecule has 0 unspecified atom stereocenters. The van der Waals surface area contributed by atoms with Gasteiger partial charge in [0.15, 0.2) is 0 Å². The first-order valence-corrected chi connectivity index (χ1v) is 7.97. The second kappa shape index (κ2) is 12.3. The fraction of sp³-hybridized carbons (Fsp3) is 0.684. The summed E-state index contributed by atoms with van der Waals surface area (Å²) in [6, 6.07) is 0. The molecule has 0 heteroatoms. The summed E-state index contributed by atoms with van der Waals surface area (Å²) in [6.45, 7) is 10.7. The second-order valence-corrected chi connectivity index (χ2v) is 6.57. The third kappa shape index (κ3) is 17.2. The molecule has 0 saturated carbocycles. The Balaban J connectivity index is 3.22. The maximum atomic E-state index is 3.69. The molecule has 0 aromatic rings. The number of hydrogen-bond donors (Lipinski definition) is 0. The summed E-state index contributed by atoms with van der Waals surface area (Å²) in [5.41, 5.74) is 0.516. The molecule has 0 saturated heterocycles. The van der Waals surface area contributed by atoms with Gasteiger partial charge in [-0.1, -0.05) is 76.8 Å². The zero-order valence-corrected chi connectivity index (χ0v) is 13.5. The van der Waals surface area contributed by atoms with E-state index in [2.05, 4.69) is 51.7 Å². The molecular formula is C19H34. The Morgan fingerprint density at radius 2 is 1.32 bits per heavy atom. The van der Waals surface area contributed by atoms with Gasteiger partial charge in [0, 0.05) is 0 Å². The molecule has 0 nitrogen and oxygen atoms in total. The Morgan fingerprint density at radius 1 is 0.737 bits per heavy atom. The van der Waals surface area contributed by atoms with Crippen LogP contribution in [0.5, 0.6) is 0 Å². The standard InChI is InChI=1S/C19H34/c1-5-6-7-8-9-10-11-12-13-14-15-16-17-18-19(2,3)4/h5,7-8,10-11H,1,6,9,12-18H2,2-4H3/b8-7+,11-10+. The molecule has 0 rings (SSSR count). The van der Waals surface area contributed by atoms with E-state index in [-0.39, 0.29) is 0 Å². The first kappa shape index (κ1) is 18.2. The van der Waals surface area contributed by atoms with Crippen LogP contribution in [0.25, 0.3) is 0 Å². The van der Waals surface area contributed by atoms with Crippen molar-refractivity contribution in [2.24, 2.45) is 5.41 Å². The van der Waals surface area contributed by atoms with Crippen LogP contribution in [0.1, 0.15) is 78.6 Å². The molecule has 110 valence electrons. The van der Waals surface area contributed by atoms with Crippen LogP contribution >= 0.6 is 0 Å². The van der Waals surface area contributed by atoms with Gasteiger partial charge in [-0.05, 0) is 37.5 Å². The van der Waals surface area contributed by atoms with Crippen molar-refractivity contribution in [3.05, 3.63) is 37.0 Å². The van der Waals surface area contributed by atoms with Gasteiger partial charge >= 0.3 is 0 Å². The van der Waals surface area contributed by atoms with Crippen molar-refractivity contribution in [1.82, 2.24) is 0 Å². The maximum Gasteiger partial charge on any atom is -0.0169 e. The fourth-order valence-corrected chi connectivity index (χ4v) is 2.03. The van der Waals surface area contributed by atoms with Crippen molar-refractivity contribution in [3.8, 4) is 0 Å². The zero-order valence-electron chi connectivity index (χ0n) is 13.5. The number of hydrogen-bond acceptors (Lipinski definition) is 0. The molecule has 0 N–H and O–H groups in total. The Morgan fingerprint density at radius 3 is 2.00 bits per heavy atom. The van der Waals surface area contributed by atoms with E-state index in [1.165, 1.54) is 44.9 Å². The summed E-state index contributed by atoms with van der Waals surface area (Å²) in [4.78, 5) is 0. The Labute approximate surface area is 121 Å². The molecule has 0 aliphatic rings. The van der Waals surface area contributed by atoms with Gasteiger partial charge in [0.25, 0.3) is 0 Å². The molecule has 0 aliphatic heterocycles. The van der Waals surface area contributed by atoms with E-state index in [0.29, 0.717) is 5.41 Å². The number of unbranched alkanes of at least 4 members (excludes halogenated alkanes) is 5. The average molecular weight is 262 g/mol. The van der Waals surface area contributed by atoms with E-state index in [1.807, 2.05) is 6.08 Å². The smallest absolute Gasteiger partial charge is 0.0169 e. The SMILES string of the molecule is C=CC/C=C/C/C=C/CCCCCCCC(C)(C)C. The molecule has 0 amide bonds. The molecule has 0 fully saturated rings. The largest absolute Gasteiger partial charge is 0.103 e. The minimum Gasteiger partial charge on any atom is -0.103 e. The van der Waals surface area contributed by atoms with Gasteiger partial charge in [0.1, 0.15) is 0 Å². The lowest BCUT2D eigenvalue weighted by atomic mass is 9.89. The van der Waals surface area contributed by atoms with Crippen LogP contribution in [0.3, 0.4) is 0 Å². The van der Waals surface area contributed by atoms with Crippen molar-refractivity contribution in [2.75, 3.05) is 0 Å². The number of rotatable bonds is 11. The summed E-state index contributed by atoms with van der Waals surface area (Å²) in [5.74, 6) is 0. The summed E-state index contributed by atoms with van der Waals surface area (Å²) in [5, 5.41) is 0. The molecule has 0 aromatic heterocycles. The molecule has 0 spiro atoms. The van der Waals surface area contributed by atoms with Gasteiger partial charge in [0.2, 0.25) is 0 Å². The van der Waals surface area contributed by atoms with Crippen LogP contribution in [0.15, 0.2) is 37.0 Å². The van der Waals surface area contributed by atoms with Crippen molar-refractivity contribution >= 4 is 0 Å². The lowest BCUT2D eigenvalue weighted by Gasteiger charge is -2.17. The van der Waals surface area contributed by atoms with Gasteiger partial charge < -0.3 is 0 Å². The third-order valence-corrected chi connectivity index (χ3v) is 3.21. The van der Waals surface area contributed by atoms with E-state index in [0.717, 1.165) is 12.8 Å². The predicted molar refractivity (Wildman–Crippen MR) is 89.5 cm³/mol. The minimum absolute atomic E-state index is 0.516. The summed E-state index contributed by atoms with van der Waals surface area (Å²) in [6.07, 6.45) is 22.5. The zero-order chi connectivity index (χ0) is 14.4. The van der Waals surface area contributed by atoms with E-state index >= 15 is 0 Å². The predicted octanol–water partition coefficient (Wildman–Crippen LogP) is 6.84. The highest BCUT2D eigenvalue weighted by Crippen LogP contribution is 2.22. The summed E-state index contributed by atoms with van der Waals surface area (Å²) >= 11 is 0. The van der Waals surface area contributed by atoms with E-state index < -0.39 is 0 Å². The first-order chi connectivity index (χ1) is 9.06. The highest BCUT2D eigenvalue weighted by molar-refractivity contribution is 4.95. The maximum absolute atomic E-state index is 3.69. The lowest BCUT2D eigenvalue weighted by Crippen LogP contribution is -2.03. The van der Waals surface area contributed by atoms with Crippen molar-refractivity contribution in [1.29, 1.82) is 0 Å². The van der Waals surface area contributed by atoms with Gasteiger partial charge in [-0.15, -0.1) is 6.58 Å². The second-order valence-electron chi connectivity index (χ2n) is 6.57. The molecule has 0 aromatic carbocycles. The van der Waals surface area contributed by atoms with Crippen LogP contribution in [0, 0.1) is 5.41 Å². The average Bonchev–Trinajstić information content (AvgIpc) is 2.34. The molecule has 0 aliphatic carbocycles.